The lowest BCUT2D eigenvalue weighted by Crippen LogP contribution is -2.23. The normalized spacial score (nSPS) is 11.2. The summed E-state index contributed by atoms with van der Waals surface area (Å²) in [5, 5.41) is 7.45. The Morgan fingerprint density at radius 2 is 2.08 bits per heavy atom. The minimum Gasteiger partial charge on any atom is -0.472 e. The van der Waals surface area contributed by atoms with Gasteiger partial charge < -0.3 is 18.7 Å². The number of nitrogens with one attached hydrogen (secondary N) is 1. The Hall–Kier alpha value is -3.35. The van der Waals surface area contributed by atoms with Crippen molar-refractivity contribution in [3.05, 3.63) is 59.1 Å². The van der Waals surface area contributed by atoms with Crippen LogP contribution < -0.4 is 5.32 Å². The van der Waals surface area contributed by atoms with Gasteiger partial charge in [0, 0.05) is 17.7 Å². The van der Waals surface area contributed by atoms with Gasteiger partial charge in [-0.25, -0.2) is 4.98 Å². The molecule has 4 heterocycles. The van der Waals surface area contributed by atoms with E-state index in [1.165, 1.54) is 0 Å². The van der Waals surface area contributed by atoms with Gasteiger partial charge in [0.25, 0.3) is 11.6 Å². The summed E-state index contributed by atoms with van der Waals surface area (Å²) >= 11 is 0. The van der Waals surface area contributed by atoms with E-state index >= 15 is 0 Å². The first-order valence-electron chi connectivity index (χ1n) is 8.16. The minimum absolute atomic E-state index is 0.232. The molecule has 0 atom stereocenters. The van der Waals surface area contributed by atoms with Gasteiger partial charge in [-0.1, -0.05) is 5.16 Å². The van der Waals surface area contributed by atoms with Gasteiger partial charge in [0.1, 0.15) is 11.5 Å². The van der Waals surface area contributed by atoms with E-state index in [0.717, 1.165) is 22.6 Å². The molecule has 0 aliphatic rings. The second kappa shape index (κ2) is 6.18. The van der Waals surface area contributed by atoms with E-state index in [4.69, 9.17) is 13.4 Å². The number of fused-ring (bicyclic) bond motifs is 1. The van der Waals surface area contributed by atoms with Gasteiger partial charge in [0.2, 0.25) is 0 Å². The summed E-state index contributed by atoms with van der Waals surface area (Å²) < 4.78 is 15.9. The molecule has 0 saturated carbocycles. The molecule has 4 aromatic heterocycles. The van der Waals surface area contributed by atoms with Gasteiger partial charge in [-0.05, 0) is 39.0 Å². The summed E-state index contributed by atoms with van der Waals surface area (Å²) in [7, 11) is 0. The molecule has 0 fully saturated rings. The van der Waals surface area contributed by atoms with Crippen molar-refractivity contribution in [1.29, 1.82) is 0 Å². The predicted molar refractivity (Wildman–Crippen MR) is 93.6 cm³/mol. The molecule has 0 spiro atoms. The van der Waals surface area contributed by atoms with E-state index in [-0.39, 0.29) is 5.91 Å². The summed E-state index contributed by atoms with van der Waals surface area (Å²) in [5.41, 5.74) is 3.72. The third kappa shape index (κ3) is 2.77. The average Bonchev–Trinajstić information content (AvgIpc) is 3.33. The van der Waals surface area contributed by atoms with Crippen LogP contribution in [0.4, 0.5) is 0 Å². The molecule has 4 rings (SSSR count). The number of carbonyl (C=O) groups excluding carboxylic acids is 1. The van der Waals surface area contributed by atoms with Crippen molar-refractivity contribution >= 4 is 17.0 Å². The maximum atomic E-state index is 12.8. The summed E-state index contributed by atoms with van der Waals surface area (Å²) in [6, 6.07) is 5.44. The smallest absolute Gasteiger partial charge is 0.259 e. The lowest BCUT2D eigenvalue weighted by Gasteiger charge is -2.07. The largest absolute Gasteiger partial charge is 0.472 e. The van der Waals surface area contributed by atoms with E-state index in [2.05, 4.69) is 15.5 Å². The molecule has 26 heavy (non-hydrogen) atoms. The Morgan fingerprint density at radius 1 is 1.23 bits per heavy atom. The number of aryl methyl sites for hydroxylation is 3. The number of rotatable bonds is 4. The van der Waals surface area contributed by atoms with Gasteiger partial charge in [-0.15, -0.1) is 0 Å². The monoisotopic (exact) mass is 351 g/mol. The lowest BCUT2D eigenvalue weighted by atomic mass is 10.1. The van der Waals surface area contributed by atoms with Crippen LogP contribution in [0.3, 0.4) is 0 Å². The second-order valence-electron chi connectivity index (χ2n) is 6.14. The number of pyridine rings is 1. The molecule has 0 aliphatic carbocycles. The Balaban J connectivity index is 1.77. The van der Waals surface area contributed by atoms with Crippen molar-refractivity contribution in [2.24, 2.45) is 0 Å². The third-order valence-electron chi connectivity index (χ3n) is 4.21. The van der Waals surface area contributed by atoms with Crippen LogP contribution in [-0.4, -0.2) is 16.0 Å². The Kier molecular flexibility index (Phi) is 3.84. The number of amides is 1. The molecule has 0 aliphatic heterocycles. The minimum atomic E-state index is -0.232. The quantitative estimate of drug-likeness (QED) is 0.598. The molecule has 0 radical (unpaired) electrons. The second-order valence-corrected chi connectivity index (χ2v) is 6.14. The maximum Gasteiger partial charge on any atom is 0.259 e. The first kappa shape index (κ1) is 16.1. The molecule has 1 N–H and O–H groups in total. The van der Waals surface area contributed by atoms with Crippen molar-refractivity contribution in [1.82, 2.24) is 15.5 Å². The first-order chi connectivity index (χ1) is 12.5. The highest BCUT2D eigenvalue weighted by molar-refractivity contribution is 6.07. The summed E-state index contributed by atoms with van der Waals surface area (Å²) in [4.78, 5) is 17.3. The van der Waals surface area contributed by atoms with Crippen LogP contribution >= 0.6 is 0 Å². The Bertz CT molecular complexity index is 1090. The first-order valence-corrected chi connectivity index (χ1v) is 8.16. The van der Waals surface area contributed by atoms with Gasteiger partial charge in [0.05, 0.1) is 34.9 Å². The van der Waals surface area contributed by atoms with Crippen molar-refractivity contribution in [2.75, 3.05) is 0 Å². The van der Waals surface area contributed by atoms with Crippen LogP contribution in [0.5, 0.6) is 0 Å². The molecular formula is C19H17N3O4. The highest BCUT2D eigenvalue weighted by Gasteiger charge is 2.21. The molecule has 0 aromatic carbocycles. The van der Waals surface area contributed by atoms with Gasteiger partial charge >= 0.3 is 0 Å². The fourth-order valence-electron chi connectivity index (χ4n) is 2.97. The van der Waals surface area contributed by atoms with Crippen LogP contribution in [0.15, 0.2) is 44.1 Å². The maximum absolute atomic E-state index is 12.8. The van der Waals surface area contributed by atoms with E-state index in [9.17, 15) is 4.79 Å². The summed E-state index contributed by atoms with van der Waals surface area (Å²) in [6.07, 6.45) is 3.16. The molecule has 0 unspecified atom stereocenters. The number of nitrogens with zero attached hydrogens (tertiary/aromatic N) is 2. The highest BCUT2D eigenvalue weighted by Crippen LogP contribution is 2.30. The standard InChI is InChI=1S/C19H17N3O4/c1-10-6-14(12(3)25-10)16-7-15(17-11(2)22-26-19(17)21-16)18(23)20-8-13-4-5-24-9-13/h4-7,9H,8H2,1-3H3,(H,20,23). The molecule has 7 nitrogen and oxygen atoms in total. The van der Waals surface area contributed by atoms with Crippen molar-refractivity contribution in [3.8, 4) is 11.3 Å². The summed E-state index contributed by atoms with van der Waals surface area (Å²) in [5.74, 6) is 1.28. The lowest BCUT2D eigenvalue weighted by molar-refractivity contribution is 0.0952. The number of hydrogen-bond donors (Lipinski definition) is 1. The molecular weight excluding hydrogens is 334 g/mol. The average molecular weight is 351 g/mol. The van der Waals surface area contributed by atoms with Gasteiger partial charge in [-0.3, -0.25) is 4.79 Å². The fraction of sp³-hybridized carbons (Fsp3) is 0.211. The zero-order valence-corrected chi connectivity index (χ0v) is 14.6. The van der Waals surface area contributed by atoms with Crippen LogP contribution in [0.25, 0.3) is 22.4 Å². The van der Waals surface area contributed by atoms with Gasteiger partial charge in [-0.2, -0.15) is 0 Å². The third-order valence-corrected chi connectivity index (χ3v) is 4.21. The molecule has 1 amide bonds. The van der Waals surface area contributed by atoms with Crippen molar-refractivity contribution in [2.45, 2.75) is 27.3 Å². The molecule has 7 heteroatoms. The topological polar surface area (TPSA) is 94.3 Å². The summed E-state index contributed by atoms with van der Waals surface area (Å²) in [6.45, 7) is 5.88. The van der Waals surface area contributed by atoms with Crippen LogP contribution in [-0.2, 0) is 6.54 Å². The Labute approximate surface area is 149 Å². The van der Waals surface area contributed by atoms with E-state index < -0.39 is 0 Å². The SMILES string of the molecule is Cc1cc(-c2cc(C(=O)NCc3ccoc3)c3c(C)noc3n2)c(C)o1. The van der Waals surface area contributed by atoms with Crippen LogP contribution in [0.2, 0.25) is 0 Å². The number of carbonyl (C=O) groups is 1. The molecule has 4 aromatic rings. The molecule has 0 saturated heterocycles. The number of aromatic nitrogens is 2. The molecule has 0 bridgehead atoms. The zero-order chi connectivity index (χ0) is 18.3. The van der Waals surface area contributed by atoms with E-state index in [0.29, 0.717) is 34.6 Å². The van der Waals surface area contributed by atoms with Crippen molar-refractivity contribution in [3.63, 3.8) is 0 Å². The van der Waals surface area contributed by atoms with Crippen LogP contribution in [0, 0.1) is 20.8 Å². The van der Waals surface area contributed by atoms with Crippen LogP contribution in [0.1, 0.15) is 33.1 Å². The highest BCUT2D eigenvalue weighted by atomic mass is 16.5. The molecule has 132 valence electrons. The fourth-order valence-corrected chi connectivity index (χ4v) is 2.97. The van der Waals surface area contributed by atoms with Crippen molar-refractivity contribution < 1.29 is 18.2 Å². The number of furan rings is 2. The Morgan fingerprint density at radius 3 is 2.77 bits per heavy atom. The zero-order valence-electron chi connectivity index (χ0n) is 14.6. The van der Waals surface area contributed by atoms with Gasteiger partial charge in [0.15, 0.2) is 0 Å². The predicted octanol–water partition coefficient (Wildman–Crippen LogP) is 3.93. The number of hydrogen-bond acceptors (Lipinski definition) is 6. The van der Waals surface area contributed by atoms with E-state index in [1.807, 2.05) is 19.9 Å². The van der Waals surface area contributed by atoms with E-state index in [1.54, 1.807) is 31.6 Å².